The van der Waals surface area contributed by atoms with Crippen LogP contribution in [0.5, 0.6) is 0 Å². The molecule has 1 N–H and O–H groups in total. The average molecular weight is 158 g/mol. The predicted octanol–water partition coefficient (Wildman–Crippen LogP) is 2.83. The lowest BCUT2D eigenvalue weighted by Gasteiger charge is -2.41. The first-order valence-corrected chi connectivity index (χ1v) is 4.48. The maximum absolute atomic E-state index is 8.86. The monoisotopic (exact) mass is 158 g/mol. The zero-order valence-corrected chi connectivity index (χ0v) is 8.57. The molecule has 0 bridgehead atoms. The molecular formula is C10H22O. The standard InChI is InChI=1S/C10H22O/c1-6-9(2,3)10(4,5)7-8-11/h11H,6-8H2,1-5H3. The van der Waals surface area contributed by atoms with Gasteiger partial charge in [-0.15, -0.1) is 0 Å². The minimum atomic E-state index is 0.247. The number of aliphatic hydroxyl groups excluding tert-OH is 1. The highest BCUT2D eigenvalue weighted by molar-refractivity contribution is 4.84. The molecule has 0 aromatic heterocycles. The Bertz CT molecular complexity index is 114. The fraction of sp³-hybridized carbons (Fsp3) is 1.00. The number of aliphatic hydroxyl groups is 1. The summed E-state index contributed by atoms with van der Waals surface area (Å²) in [6.45, 7) is 11.5. The molecule has 0 amide bonds. The summed E-state index contributed by atoms with van der Waals surface area (Å²) in [4.78, 5) is 0. The van der Waals surface area contributed by atoms with E-state index in [9.17, 15) is 0 Å². The van der Waals surface area contributed by atoms with E-state index in [1.54, 1.807) is 0 Å². The Morgan fingerprint density at radius 3 is 1.73 bits per heavy atom. The van der Waals surface area contributed by atoms with Crippen LogP contribution in [0.4, 0.5) is 0 Å². The molecule has 0 rings (SSSR count). The molecule has 0 saturated heterocycles. The van der Waals surface area contributed by atoms with Crippen LogP contribution in [-0.4, -0.2) is 11.7 Å². The average Bonchev–Trinajstić information content (AvgIpc) is 1.87. The van der Waals surface area contributed by atoms with Gasteiger partial charge in [-0.1, -0.05) is 41.0 Å². The van der Waals surface area contributed by atoms with Crippen molar-refractivity contribution in [2.24, 2.45) is 10.8 Å². The molecule has 0 atom stereocenters. The van der Waals surface area contributed by atoms with E-state index in [2.05, 4.69) is 34.6 Å². The van der Waals surface area contributed by atoms with Crippen molar-refractivity contribution in [2.45, 2.75) is 47.5 Å². The highest BCUT2D eigenvalue weighted by atomic mass is 16.3. The van der Waals surface area contributed by atoms with Gasteiger partial charge in [0, 0.05) is 6.61 Å². The fourth-order valence-corrected chi connectivity index (χ4v) is 1.10. The largest absolute Gasteiger partial charge is 0.396 e. The second kappa shape index (κ2) is 3.57. The van der Waals surface area contributed by atoms with Gasteiger partial charge in [0.15, 0.2) is 0 Å². The Balaban J connectivity index is 4.26. The summed E-state index contributed by atoms with van der Waals surface area (Å²) in [6, 6.07) is 0. The van der Waals surface area contributed by atoms with Crippen LogP contribution in [0.15, 0.2) is 0 Å². The molecule has 0 fully saturated rings. The van der Waals surface area contributed by atoms with Crippen LogP contribution < -0.4 is 0 Å². The van der Waals surface area contributed by atoms with Crippen molar-refractivity contribution in [1.82, 2.24) is 0 Å². The minimum Gasteiger partial charge on any atom is -0.396 e. The Labute approximate surface area is 70.8 Å². The van der Waals surface area contributed by atoms with E-state index in [1.165, 1.54) is 6.42 Å². The fourth-order valence-electron chi connectivity index (χ4n) is 1.10. The molecule has 0 saturated carbocycles. The third-order valence-electron chi connectivity index (χ3n) is 3.45. The summed E-state index contributed by atoms with van der Waals surface area (Å²) >= 11 is 0. The summed E-state index contributed by atoms with van der Waals surface area (Å²) in [6.07, 6.45) is 2.06. The maximum atomic E-state index is 8.86. The number of rotatable bonds is 4. The topological polar surface area (TPSA) is 20.2 Å². The van der Waals surface area contributed by atoms with Gasteiger partial charge in [0.2, 0.25) is 0 Å². The molecule has 11 heavy (non-hydrogen) atoms. The van der Waals surface area contributed by atoms with Crippen LogP contribution in [-0.2, 0) is 0 Å². The summed E-state index contributed by atoms with van der Waals surface area (Å²) in [5.41, 5.74) is 0.576. The van der Waals surface area contributed by atoms with E-state index in [0.29, 0.717) is 12.0 Å². The van der Waals surface area contributed by atoms with Crippen molar-refractivity contribution in [3.8, 4) is 0 Å². The van der Waals surface area contributed by atoms with E-state index in [0.717, 1.165) is 6.42 Å². The van der Waals surface area contributed by atoms with Crippen LogP contribution in [0.1, 0.15) is 47.5 Å². The van der Waals surface area contributed by atoms with Crippen molar-refractivity contribution in [1.29, 1.82) is 0 Å². The van der Waals surface area contributed by atoms with E-state index in [-0.39, 0.29) is 5.41 Å². The molecule has 1 heteroatoms. The van der Waals surface area contributed by atoms with Gasteiger partial charge in [-0.2, -0.15) is 0 Å². The molecule has 0 aliphatic carbocycles. The molecule has 0 aromatic rings. The molecule has 0 unspecified atom stereocenters. The van der Waals surface area contributed by atoms with Crippen LogP contribution in [0, 0.1) is 10.8 Å². The Morgan fingerprint density at radius 1 is 1.00 bits per heavy atom. The summed E-state index contributed by atoms with van der Waals surface area (Å²) in [5, 5.41) is 8.86. The normalized spacial score (nSPS) is 13.6. The van der Waals surface area contributed by atoms with E-state index in [1.807, 2.05) is 0 Å². The van der Waals surface area contributed by atoms with Crippen molar-refractivity contribution in [3.05, 3.63) is 0 Å². The third-order valence-corrected chi connectivity index (χ3v) is 3.45. The smallest absolute Gasteiger partial charge is 0.0436 e. The lowest BCUT2D eigenvalue weighted by Crippen LogP contribution is -2.32. The van der Waals surface area contributed by atoms with Gasteiger partial charge in [-0.25, -0.2) is 0 Å². The molecule has 0 aliphatic rings. The number of hydrogen-bond donors (Lipinski definition) is 1. The first-order chi connectivity index (χ1) is 4.87. The molecule has 0 spiro atoms. The zero-order valence-electron chi connectivity index (χ0n) is 8.57. The SMILES string of the molecule is CCC(C)(C)C(C)(C)CCO. The lowest BCUT2D eigenvalue weighted by molar-refractivity contribution is 0.0701. The first-order valence-electron chi connectivity index (χ1n) is 4.48. The third kappa shape index (κ3) is 2.48. The van der Waals surface area contributed by atoms with Crippen LogP contribution in [0.25, 0.3) is 0 Å². The van der Waals surface area contributed by atoms with E-state index in [4.69, 9.17) is 5.11 Å². The van der Waals surface area contributed by atoms with Gasteiger partial charge in [0.1, 0.15) is 0 Å². The van der Waals surface area contributed by atoms with Gasteiger partial charge >= 0.3 is 0 Å². The van der Waals surface area contributed by atoms with Crippen molar-refractivity contribution in [3.63, 3.8) is 0 Å². The quantitative estimate of drug-likeness (QED) is 0.667. The highest BCUT2D eigenvalue weighted by Crippen LogP contribution is 2.43. The Morgan fingerprint density at radius 2 is 1.45 bits per heavy atom. The van der Waals surface area contributed by atoms with Gasteiger partial charge in [0.05, 0.1) is 0 Å². The van der Waals surface area contributed by atoms with Gasteiger partial charge in [-0.3, -0.25) is 0 Å². The Kier molecular flexibility index (Phi) is 3.56. The number of hydrogen-bond acceptors (Lipinski definition) is 1. The van der Waals surface area contributed by atoms with E-state index < -0.39 is 0 Å². The summed E-state index contributed by atoms with van der Waals surface area (Å²) in [5.74, 6) is 0. The zero-order chi connectivity index (χ0) is 9.12. The molecule has 1 nitrogen and oxygen atoms in total. The van der Waals surface area contributed by atoms with Crippen LogP contribution in [0.2, 0.25) is 0 Å². The minimum absolute atomic E-state index is 0.247. The predicted molar refractivity (Wildman–Crippen MR) is 49.6 cm³/mol. The van der Waals surface area contributed by atoms with Gasteiger partial charge in [0.25, 0.3) is 0 Å². The summed E-state index contributed by atoms with van der Waals surface area (Å²) < 4.78 is 0. The molecule has 0 aromatic carbocycles. The van der Waals surface area contributed by atoms with Crippen molar-refractivity contribution in [2.75, 3.05) is 6.61 Å². The van der Waals surface area contributed by atoms with Gasteiger partial charge in [-0.05, 0) is 17.3 Å². The van der Waals surface area contributed by atoms with Gasteiger partial charge < -0.3 is 5.11 Å². The molecule has 0 heterocycles. The van der Waals surface area contributed by atoms with E-state index >= 15 is 0 Å². The molecule has 68 valence electrons. The molecule has 0 radical (unpaired) electrons. The molecular weight excluding hydrogens is 136 g/mol. The maximum Gasteiger partial charge on any atom is 0.0436 e. The Hall–Kier alpha value is -0.0400. The van der Waals surface area contributed by atoms with Crippen LogP contribution in [0.3, 0.4) is 0 Å². The lowest BCUT2D eigenvalue weighted by atomic mass is 9.65. The van der Waals surface area contributed by atoms with Crippen molar-refractivity contribution >= 4 is 0 Å². The van der Waals surface area contributed by atoms with Crippen LogP contribution >= 0.6 is 0 Å². The molecule has 0 aliphatic heterocycles. The summed E-state index contributed by atoms with van der Waals surface area (Å²) in [7, 11) is 0. The second-order valence-corrected chi connectivity index (χ2v) is 4.59. The first kappa shape index (κ1) is 11.0. The van der Waals surface area contributed by atoms with Crippen molar-refractivity contribution < 1.29 is 5.11 Å². The second-order valence-electron chi connectivity index (χ2n) is 4.59. The highest BCUT2D eigenvalue weighted by Gasteiger charge is 2.34.